The summed E-state index contributed by atoms with van der Waals surface area (Å²) in [5, 5.41) is 4.32. The summed E-state index contributed by atoms with van der Waals surface area (Å²) < 4.78 is 21.1. The third kappa shape index (κ3) is 3.66. The zero-order chi connectivity index (χ0) is 19.5. The summed E-state index contributed by atoms with van der Waals surface area (Å²) in [7, 11) is 0. The standard InChI is InChI=1S/C21H18FN3O2S/c1-2-3-12-27-16-10-8-14(9-11-16)19-23-21-25(24-19)20(26)18(28-21)13-15-6-4-5-7-17(15)22/h4-11,13H,2-3,12H2,1H3/b18-13+. The van der Waals surface area contributed by atoms with Crippen molar-refractivity contribution < 1.29 is 9.13 Å². The first-order valence-electron chi connectivity index (χ1n) is 9.05. The van der Waals surface area contributed by atoms with Crippen LogP contribution in [0.3, 0.4) is 0 Å². The number of unbranched alkanes of at least 4 members (excludes halogenated alkanes) is 1. The fraction of sp³-hybridized carbons (Fsp3) is 0.190. The van der Waals surface area contributed by atoms with Crippen LogP contribution >= 0.6 is 11.3 Å². The van der Waals surface area contributed by atoms with E-state index in [9.17, 15) is 9.18 Å². The number of nitrogens with zero attached hydrogens (tertiary/aromatic N) is 3. The molecule has 7 heteroatoms. The number of rotatable bonds is 6. The summed E-state index contributed by atoms with van der Waals surface area (Å²) >= 11 is 1.19. The maximum Gasteiger partial charge on any atom is 0.291 e. The zero-order valence-corrected chi connectivity index (χ0v) is 16.1. The highest BCUT2D eigenvalue weighted by molar-refractivity contribution is 7.15. The molecule has 4 aromatic rings. The van der Waals surface area contributed by atoms with Crippen molar-refractivity contribution in [1.82, 2.24) is 14.6 Å². The van der Waals surface area contributed by atoms with Crippen LogP contribution in [0.4, 0.5) is 4.39 Å². The second kappa shape index (κ2) is 7.90. The van der Waals surface area contributed by atoms with Gasteiger partial charge in [-0.1, -0.05) is 42.9 Å². The Balaban J connectivity index is 1.63. The van der Waals surface area contributed by atoms with E-state index in [1.165, 1.54) is 28.0 Å². The molecule has 0 N–H and O–H groups in total. The summed E-state index contributed by atoms with van der Waals surface area (Å²) in [6, 6.07) is 13.8. The van der Waals surface area contributed by atoms with Crippen LogP contribution in [-0.2, 0) is 0 Å². The fourth-order valence-electron chi connectivity index (χ4n) is 2.72. The van der Waals surface area contributed by atoms with Gasteiger partial charge in [-0.2, -0.15) is 9.50 Å². The van der Waals surface area contributed by atoms with Gasteiger partial charge < -0.3 is 4.74 Å². The van der Waals surface area contributed by atoms with E-state index in [-0.39, 0.29) is 11.4 Å². The second-order valence-corrected chi connectivity index (χ2v) is 7.30. The Morgan fingerprint density at radius 1 is 1.18 bits per heavy atom. The molecule has 0 atom stereocenters. The number of hydrogen-bond acceptors (Lipinski definition) is 5. The first-order valence-corrected chi connectivity index (χ1v) is 9.86. The van der Waals surface area contributed by atoms with Gasteiger partial charge in [0.15, 0.2) is 5.82 Å². The molecule has 0 saturated carbocycles. The van der Waals surface area contributed by atoms with Crippen molar-refractivity contribution in [3.8, 4) is 17.1 Å². The molecule has 4 rings (SSSR count). The number of hydrogen-bond donors (Lipinski definition) is 0. The molecule has 2 aromatic heterocycles. The van der Waals surface area contributed by atoms with Crippen LogP contribution in [0.5, 0.6) is 5.75 Å². The van der Waals surface area contributed by atoms with Crippen LogP contribution in [0, 0.1) is 5.82 Å². The minimum atomic E-state index is -0.372. The van der Waals surface area contributed by atoms with E-state index in [0.29, 0.717) is 27.5 Å². The highest BCUT2D eigenvalue weighted by Gasteiger charge is 2.12. The first kappa shape index (κ1) is 18.3. The number of thiazole rings is 1. The quantitative estimate of drug-likeness (QED) is 0.467. The Morgan fingerprint density at radius 2 is 1.96 bits per heavy atom. The molecule has 28 heavy (non-hydrogen) atoms. The second-order valence-electron chi connectivity index (χ2n) is 6.29. The van der Waals surface area contributed by atoms with Crippen molar-refractivity contribution in [3.63, 3.8) is 0 Å². The summed E-state index contributed by atoms with van der Waals surface area (Å²) in [6.45, 7) is 2.81. The molecule has 0 radical (unpaired) electrons. The van der Waals surface area contributed by atoms with Crippen molar-refractivity contribution in [1.29, 1.82) is 0 Å². The molecule has 0 aliphatic rings. The monoisotopic (exact) mass is 395 g/mol. The van der Waals surface area contributed by atoms with Crippen molar-refractivity contribution in [2.75, 3.05) is 6.61 Å². The molecule has 0 aliphatic heterocycles. The molecular formula is C21H18FN3O2S. The van der Waals surface area contributed by atoms with Crippen molar-refractivity contribution in [2.24, 2.45) is 0 Å². The summed E-state index contributed by atoms with van der Waals surface area (Å²) in [4.78, 5) is 17.5. The van der Waals surface area contributed by atoms with E-state index in [1.54, 1.807) is 18.2 Å². The Hall–Kier alpha value is -3.06. The van der Waals surface area contributed by atoms with E-state index >= 15 is 0 Å². The normalized spacial score (nSPS) is 12.0. The van der Waals surface area contributed by atoms with E-state index in [1.807, 2.05) is 24.3 Å². The lowest BCUT2D eigenvalue weighted by Crippen LogP contribution is -2.23. The summed E-state index contributed by atoms with van der Waals surface area (Å²) in [6.07, 6.45) is 3.63. The lowest BCUT2D eigenvalue weighted by atomic mass is 10.2. The van der Waals surface area contributed by atoms with Crippen molar-refractivity contribution in [3.05, 3.63) is 74.8 Å². The molecular weight excluding hydrogens is 377 g/mol. The van der Waals surface area contributed by atoms with Gasteiger partial charge in [0.2, 0.25) is 4.96 Å². The Bertz CT molecular complexity index is 1210. The van der Waals surface area contributed by atoms with E-state index in [0.717, 1.165) is 24.2 Å². The van der Waals surface area contributed by atoms with Crippen LogP contribution in [0.25, 0.3) is 22.4 Å². The summed E-state index contributed by atoms with van der Waals surface area (Å²) in [5.74, 6) is 0.897. The fourth-order valence-corrected chi connectivity index (χ4v) is 3.62. The van der Waals surface area contributed by atoms with Gasteiger partial charge in [-0.05, 0) is 42.8 Å². The molecule has 0 fully saturated rings. The Morgan fingerprint density at radius 3 is 2.68 bits per heavy atom. The zero-order valence-electron chi connectivity index (χ0n) is 15.3. The van der Waals surface area contributed by atoms with Gasteiger partial charge in [-0.15, -0.1) is 5.10 Å². The smallest absolute Gasteiger partial charge is 0.291 e. The first-order chi connectivity index (χ1) is 13.7. The number of ether oxygens (including phenoxy) is 1. The Labute approximate surface area is 164 Å². The van der Waals surface area contributed by atoms with Gasteiger partial charge in [-0.25, -0.2) is 4.39 Å². The lowest BCUT2D eigenvalue weighted by Gasteiger charge is -2.05. The van der Waals surface area contributed by atoms with Crippen molar-refractivity contribution >= 4 is 22.4 Å². The summed E-state index contributed by atoms with van der Waals surface area (Å²) in [5.41, 5.74) is 0.863. The SMILES string of the molecule is CCCCOc1ccc(-c2nc3s/c(=C/c4ccccc4F)c(=O)n3n2)cc1. The van der Waals surface area contributed by atoms with Crippen LogP contribution in [0.15, 0.2) is 53.3 Å². The molecule has 2 heterocycles. The number of halogens is 1. The maximum absolute atomic E-state index is 13.8. The predicted molar refractivity (Wildman–Crippen MR) is 108 cm³/mol. The highest BCUT2D eigenvalue weighted by atomic mass is 32.1. The van der Waals surface area contributed by atoms with Crippen LogP contribution < -0.4 is 14.8 Å². The minimum absolute atomic E-state index is 0.304. The van der Waals surface area contributed by atoms with Gasteiger partial charge in [0.25, 0.3) is 5.56 Å². The average molecular weight is 395 g/mol. The molecule has 5 nitrogen and oxygen atoms in total. The molecule has 0 spiro atoms. The van der Waals surface area contributed by atoms with Gasteiger partial charge in [0, 0.05) is 11.1 Å². The molecule has 142 valence electrons. The lowest BCUT2D eigenvalue weighted by molar-refractivity contribution is 0.309. The highest BCUT2D eigenvalue weighted by Crippen LogP contribution is 2.20. The molecule has 0 bridgehead atoms. The van der Waals surface area contributed by atoms with E-state index in [2.05, 4.69) is 17.0 Å². The van der Waals surface area contributed by atoms with Crippen LogP contribution in [0.1, 0.15) is 25.3 Å². The number of benzene rings is 2. The molecule has 0 saturated heterocycles. The number of fused-ring (bicyclic) bond motifs is 1. The molecule has 0 aliphatic carbocycles. The third-order valence-corrected chi connectivity index (χ3v) is 5.21. The average Bonchev–Trinajstić information content (AvgIpc) is 3.24. The van der Waals surface area contributed by atoms with Crippen molar-refractivity contribution in [2.45, 2.75) is 19.8 Å². The Kier molecular flexibility index (Phi) is 5.16. The van der Waals surface area contributed by atoms with Gasteiger partial charge in [-0.3, -0.25) is 4.79 Å². The van der Waals surface area contributed by atoms with Gasteiger partial charge in [0.1, 0.15) is 11.6 Å². The minimum Gasteiger partial charge on any atom is -0.494 e. The van der Waals surface area contributed by atoms with E-state index in [4.69, 9.17) is 4.74 Å². The predicted octanol–water partition coefficient (Wildman–Crippen LogP) is 3.68. The van der Waals surface area contributed by atoms with E-state index < -0.39 is 0 Å². The van der Waals surface area contributed by atoms with Gasteiger partial charge >= 0.3 is 0 Å². The van der Waals surface area contributed by atoms with Crippen LogP contribution in [0.2, 0.25) is 0 Å². The topological polar surface area (TPSA) is 56.5 Å². The van der Waals surface area contributed by atoms with Crippen LogP contribution in [-0.4, -0.2) is 21.2 Å². The van der Waals surface area contributed by atoms with Gasteiger partial charge in [0.05, 0.1) is 11.1 Å². The molecule has 0 unspecified atom stereocenters. The third-order valence-electron chi connectivity index (χ3n) is 4.25. The maximum atomic E-state index is 13.8. The largest absolute Gasteiger partial charge is 0.494 e. The number of aromatic nitrogens is 3. The molecule has 2 aromatic carbocycles. The molecule has 0 amide bonds.